The molecule has 0 spiro atoms. The zero-order valence-corrected chi connectivity index (χ0v) is 11.5. The number of carboxylic acid groups (broad SMARTS) is 1. The van der Waals surface area contributed by atoms with Crippen LogP contribution in [-0.2, 0) is 9.59 Å². The highest BCUT2D eigenvalue weighted by Gasteiger charge is 2.17. The highest BCUT2D eigenvalue weighted by molar-refractivity contribution is 5.93. The number of aliphatic carboxylic acids is 1. The number of hydrogen-bond donors (Lipinski definition) is 1. The maximum Gasteiger partial charge on any atom is 0.323 e. The topological polar surface area (TPSA) is 57.6 Å². The monoisotopic (exact) mass is 261 g/mol. The van der Waals surface area contributed by atoms with Crippen LogP contribution in [0.1, 0.15) is 25.0 Å². The Morgan fingerprint density at radius 2 is 1.95 bits per heavy atom. The number of rotatable bonds is 5. The molecule has 1 N–H and O–H groups in total. The molecule has 0 unspecified atom stereocenters. The standard InChI is InChI=1S/C15H19NO3/c1-11(2)16(10-15(18)19)14(17)9-8-13-7-5-4-6-12(13)3/h4-9,11H,10H2,1-3H3,(H,18,19)/b9-8+. The molecule has 0 atom stereocenters. The summed E-state index contributed by atoms with van der Waals surface area (Å²) in [5, 5.41) is 8.79. The molecule has 0 aliphatic heterocycles. The van der Waals surface area contributed by atoms with Crippen LogP contribution in [0.5, 0.6) is 0 Å². The molecule has 0 radical (unpaired) electrons. The van der Waals surface area contributed by atoms with E-state index in [1.807, 2.05) is 31.2 Å². The summed E-state index contributed by atoms with van der Waals surface area (Å²) >= 11 is 0. The average molecular weight is 261 g/mol. The third kappa shape index (κ3) is 4.58. The predicted molar refractivity (Wildman–Crippen MR) is 74.7 cm³/mol. The molecule has 0 saturated carbocycles. The van der Waals surface area contributed by atoms with E-state index in [1.165, 1.54) is 11.0 Å². The number of carbonyl (C=O) groups excluding carboxylic acids is 1. The Morgan fingerprint density at radius 3 is 2.47 bits per heavy atom. The van der Waals surface area contributed by atoms with E-state index in [-0.39, 0.29) is 18.5 Å². The van der Waals surface area contributed by atoms with Gasteiger partial charge in [0, 0.05) is 12.1 Å². The predicted octanol–water partition coefficient (Wildman–Crippen LogP) is 2.33. The van der Waals surface area contributed by atoms with Gasteiger partial charge < -0.3 is 10.0 Å². The van der Waals surface area contributed by atoms with Gasteiger partial charge in [-0.3, -0.25) is 9.59 Å². The molecule has 4 heteroatoms. The van der Waals surface area contributed by atoms with Gasteiger partial charge in [-0.25, -0.2) is 0 Å². The van der Waals surface area contributed by atoms with Gasteiger partial charge in [-0.2, -0.15) is 0 Å². The van der Waals surface area contributed by atoms with E-state index >= 15 is 0 Å². The van der Waals surface area contributed by atoms with E-state index in [1.54, 1.807) is 19.9 Å². The molecule has 4 nitrogen and oxygen atoms in total. The van der Waals surface area contributed by atoms with Gasteiger partial charge in [-0.1, -0.05) is 24.3 Å². The second-order valence-electron chi connectivity index (χ2n) is 4.64. The van der Waals surface area contributed by atoms with E-state index in [9.17, 15) is 9.59 Å². The fourth-order valence-electron chi connectivity index (χ4n) is 1.69. The molecule has 1 aromatic rings. The Hall–Kier alpha value is -2.10. The highest BCUT2D eigenvalue weighted by atomic mass is 16.4. The van der Waals surface area contributed by atoms with Gasteiger partial charge in [0.25, 0.3) is 0 Å². The molecule has 0 aromatic heterocycles. The van der Waals surface area contributed by atoms with Crippen LogP contribution in [0.25, 0.3) is 6.08 Å². The van der Waals surface area contributed by atoms with E-state index in [0.717, 1.165) is 11.1 Å². The largest absolute Gasteiger partial charge is 0.480 e. The zero-order chi connectivity index (χ0) is 14.4. The summed E-state index contributed by atoms with van der Waals surface area (Å²) < 4.78 is 0. The second-order valence-corrected chi connectivity index (χ2v) is 4.64. The molecule has 0 fully saturated rings. The first-order valence-corrected chi connectivity index (χ1v) is 6.18. The van der Waals surface area contributed by atoms with Crippen LogP contribution in [0.4, 0.5) is 0 Å². The van der Waals surface area contributed by atoms with Crippen LogP contribution in [0, 0.1) is 6.92 Å². The van der Waals surface area contributed by atoms with Crippen molar-refractivity contribution < 1.29 is 14.7 Å². The third-order valence-corrected chi connectivity index (χ3v) is 2.81. The molecule has 102 valence electrons. The number of carboxylic acids is 1. The van der Waals surface area contributed by atoms with E-state index < -0.39 is 5.97 Å². The molecule has 0 aliphatic rings. The normalized spacial score (nSPS) is 10.9. The number of aryl methyl sites for hydroxylation is 1. The number of amides is 1. The Balaban J connectivity index is 2.82. The van der Waals surface area contributed by atoms with Crippen molar-refractivity contribution in [1.82, 2.24) is 4.90 Å². The van der Waals surface area contributed by atoms with Gasteiger partial charge in [-0.05, 0) is 38.0 Å². The first kappa shape index (κ1) is 15.0. The highest BCUT2D eigenvalue weighted by Crippen LogP contribution is 2.09. The number of carbonyl (C=O) groups is 2. The molecule has 19 heavy (non-hydrogen) atoms. The van der Waals surface area contributed by atoms with Crippen molar-refractivity contribution in [2.45, 2.75) is 26.8 Å². The Labute approximate surface area is 113 Å². The summed E-state index contributed by atoms with van der Waals surface area (Å²) in [7, 11) is 0. The molecular weight excluding hydrogens is 242 g/mol. The molecular formula is C15H19NO3. The van der Waals surface area contributed by atoms with E-state index in [4.69, 9.17) is 5.11 Å². The average Bonchev–Trinajstić information content (AvgIpc) is 2.34. The summed E-state index contributed by atoms with van der Waals surface area (Å²) in [5.74, 6) is -1.30. The lowest BCUT2D eigenvalue weighted by Gasteiger charge is -2.23. The van der Waals surface area contributed by atoms with Crippen LogP contribution in [0.15, 0.2) is 30.3 Å². The lowest BCUT2D eigenvalue weighted by Crippen LogP contribution is -2.39. The fraction of sp³-hybridized carbons (Fsp3) is 0.333. The van der Waals surface area contributed by atoms with Crippen molar-refractivity contribution in [3.63, 3.8) is 0 Å². The quantitative estimate of drug-likeness (QED) is 0.828. The maximum atomic E-state index is 12.0. The van der Waals surface area contributed by atoms with Crippen molar-refractivity contribution in [3.05, 3.63) is 41.5 Å². The van der Waals surface area contributed by atoms with Crippen molar-refractivity contribution in [2.24, 2.45) is 0 Å². The Morgan fingerprint density at radius 1 is 1.32 bits per heavy atom. The molecule has 0 saturated heterocycles. The molecule has 1 aromatic carbocycles. The first-order valence-electron chi connectivity index (χ1n) is 6.18. The lowest BCUT2D eigenvalue weighted by molar-refractivity contribution is -0.143. The SMILES string of the molecule is Cc1ccccc1/C=C/C(=O)N(CC(=O)O)C(C)C. The zero-order valence-electron chi connectivity index (χ0n) is 11.5. The summed E-state index contributed by atoms with van der Waals surface area (Å²) in [6, 6.07) is 7.55. The van der Waals surface area contributed by atoms with Gasteiger partial charge in [-0.15, -0.1) is 0 Å². The van der Waals surface area contributed by atoms with Crippen LogP contribution >= 0.6 is 0 Å². The van der Waals surface area contributed by atoms with Gasteiger partial charge in [0.1, 0.15) is 6.54 Å². The van der Waals surface area contributed by atoms with Crippen LogP contribution in [0.3, 0.4) is 0 Å². The summed E-state index contributed by atoms with van der Waals surface area (Å²) in [6.45, 7) is 5.26. The van der Waals surface area contributed by atoms with E-state index in [0.29, 0.717) is 0 Å². The molecule has 1 rings (SSSR count). The Bertz CT molecular complexity index is 492. The maximum absolute atomic E-state index is 12.0. The van der Waals surface area contributed by atoms with Gasteiger partial charge >= 0.3 is 5.97 Å². The van der Waals surface area contributed by atoms with Crippen LogP contribution in [0.2, 0.25) is 0 Å². The lowest BCUT2D eigenvalue weighted by atomic mass is 10.1. The minimum absolute atomic E-state index is 0.148. The van der Waals surface area contributed by atoms with E-state index in [2.05, 4.69) is 0 Å². The number of nitrogens with zero attached hydrogens (tertiary/aromatic N) is 1. The third-order valence-electron chi connectivity index (χ3n) is 2.81. The summed E-state index contributed by atoms with van der Waals surface area (Å²) in [4.78, 5) is 24.0. The summed E-state index contributed by atoms with van der Waals surface area (Å²) in [6.07, 6.45) is 3.14. The summed E-state index contributed by atoms with van der Waals surface area (Å²) in [5.41, 5.74) is 2.02. The van der Waals surface area contributed by atoms with Crippen molar-refractivity contribution in [2.75, 3.05) is 6.54 Å². The van der Waals surface area contributed by atoms with Gasteiger partial charge in [0.15, 0.2) is 0 Å². The molecule has 0 aliphatic carbocycles. The fourth-order valence-corrected chi connectivity index (χ4v) is 1.69. The van der Waals surface area contributed by atoms with Gasteiger partial charge in [0.05, 0.1) is 0 Å². The van der Waals surface area contributed by atoms with Crippen molar-refractivity contribution >= 4 is 18.0 Å². The van der Waals surface area contributed by atoms with Crippen molar-refractivity contribution in [1.29, 1.82) is 0 Å². The Kier molecular flexibility index (Phi) is 5.30. The molecule has 1 amide bonds. The van der Waals surface area contributed by atoms with Crippen molar-refractivity contribution in [3.8, 4) is 0 Å². The van der Waals surface area contributed by atoms with Crippen LogP contribution < -0.4 is 0 Å². The smallest absolute Gasteiger partial charge is 0.323 e. The second kappa shape index (κ2) is 6.73. The molecule has 0 heterocycles. The first-order chi connectivity index (χ1) is 8.91. The minimum atomic E-state index is -1.01. The van der Waals surface area contributed by atoms with Crippen LogP contribution in [-0.4, -0.2) is 34.5 Å². The minimum Gasteiger partial charge on any atom is -0.480 e. The number of benzene rings is 1. The number of hydrogen-bond acceptors (Lipinski definition) is 2. The molecule has 0 bridgehead atoms. The van der Waals surface area contributed by atoms with Gasteiger partial charge in [0.2, 0.25) is 5.91 Å².